The van der Waals surface area contributed by atoms with Crippen LogP contribution in [-0.2, 0) is 65.4 Å². The zero-order valence-electron chi connectivity index (χ0n) is 70.1. The van der Waals surface area contributed by atoms with Crippen LogP contribution in [0.1, 0.15) is 484 Å². The van der Waals surface area contributed by atoms with Crippen LogP contribution in [0.15, 0.2) is 0 Å². The minimum absolute atomic E-state index is 0.109. The second kappa shape index (κ2) is 82.1. The molecule has 0 saturated carbocycles. The molecule has 0 bridgehead atoms. The maximum Gasteiger partial charge on any atom is 0.472 e. The highest BCUT2D eigenvalue weighted by Crippen LogP contribution is 2.45. The Hall–Kier alpha value is -1.94. The molecule has 2 unspecified atom stereocenters. The number of phosphoric ester groups is 2. The summed E-state index contributed by atoms with van der Waals surface area (Å²) in [7, 11) is -9.93. The highest BCUT2D eigenvalue weighted by Gasteiger charge is 2.30. The lowest BCUT2D eigenvalue weighted by Crippen LogP contribution is -2.30. The number of ether oxygens (including phenoxy) is 4. The number of aliphatic hydroxyl groups is 1. The first-order chi connectivity index (χ1) is 52.2. The average molecular weight is 1560 g/mol. The number of hydrogen-bond acceptors (Lipinski definition) is 15. The van der Waals surface area contributed by atoms with Crippen LogP contribution in [0.5, 0.6) is 0 Å². The van der Waals surface area contributed by atoms with Gasteiger partial charge in [-0.05, 0) is 25.7 Å². The van der Waals surface area contributed by atoms with Crippen LogP contribution in [0, 0.1) is 0 Å². The molecule has 0 aromatic carbocycles. The molecule has 0 aliphatic rings. The van der Waals surface area contributed by atoms with Gasteiger partial charge in [-0.1, -0.05) is 432 Å². The Kier molecular flexibility index (Phi) is 80.6. The maximum absolute atomic E-state index is 13.2. The van der Waals surface area contributed by atoms with E-state index in [9.17, 15) is 43.2 Å². The van der Waals surface area contributed by atoms with Gasteiger partial charge in [-0.25, -0.2) is 9.13 Å². The number of aliphatic hydroxyl groups excluding tert-OH is 1. The lowest BCUT2D eigenvalue weighted by molar-refractivity contribution is -0.161. The Morgan fingerprint density at radius 1 is 0.224 bits per heavy atom. The van der Waals surface area contributed by atoms with Gasteiger partial charge >= 0.3 is 39.5 Å². The van der Waals surface area contributed by atoms with Crippen LogP contribution in [-0.4, -0.2) is 96.7 Å². The monoisotopic (exact) mass is 1560 g/mol. The molecule has 107 heavy (non-hydrogen) atoms. The molecule has 0 aliphatic heterocycles. The fraction of sp³-hybridized carbons (Fsp3) is 0.955. The van der Waals surface area contributed by atoms with Crippen LogP contribution < -0.4 is 0 Å². The summed E-state index contributed by atoms with van der Waals surface area (Å²) in [6.45, 7) is 5.07. The molecular weight excluding hydrogens is 1390 g/mol. The average Bonchev–Trinajstić information content (AvgIpc) is 0.902. The molecule has 636 valence electrons. The van der Waals surface area contributed by atoms with E-state index in [1.165, 1.54) is 315 Å². The summed E-state index contributed by atoms with van der Waals surface area (Å²) in [5.74, 6) is -2.09. The first-order valence-corrected chi connectivity index (χ1v) is 48.8. The van der Waals surface area contributed by atoms with Gasteiger partial charge in [0.05, 0.1) is 26.4 Å². The van der Waals surface area contributed by atoms with Crippen molar-refractivity contribution in [2.75, 3.05) is 39.6 Å². The van der Waals surface area contributed by atoms with E-state index in [-0.39, 0.29) is 25.7 Å². The minimum atomic E-state index is -4.97. The third kappa shape index (κ3) is 81.9. The number of phosphoric acid groups is 2. The van der Waals surface area contributed by atoms with Crippen molar-refractivity contribution in [3.05, 3.63) is 0 Å². The summed E-state index contributed by atoms with van der Waals surface area (Å²) in [6, 6.07) is 0. The first-order valence-electron chi connectivity index (χ1n) is 45.8. The SMILES string of the molecule is CCCCCCCCCCCCCCCCCCCCCCCC(=O)OC[C@H](COP(=O)(O)OC[C@@H](O)COP(=O)(O)OC[C@@H](COC(=O)CCCCCCCCCCCCCC)OC(=O)CCCCCCCCCCCCCCC)OC(=O)CCCCCCCCCCCCCCCCCCCCCCC. The molecule has 19 heteroatoms. The second-order valence-corrected chi connectivity index (χ2v) is 34.5. The van der Waals surface area contributed by atoms with E-state index < -0.39 is 97.5 Å². The first kappa shape index (κ1) is 105. The molecule has 0 aromatic heterocycles. The molecule has 0 heterocycles. The van der Waals surface area contributed by atoms with Crippen LogP contribution in [0.25, 0.3) is 0 Å². The van der Waals surface area contributed by atoms with Gasteiger partial charge in [0.1, 0.15) is 19.3 Å². The van der Waals surface area contributed by atoms with Gasteiger partial charge in [0, 0.05) is 25.7 Å². The fourth-order valence-electron chi connectivity index (χ4n) is 13.9. The standard InChI is InChI=1S/C88H172O17P2/c1-5-9-13-17-21-25-29-33-35-37-39-41-43-45-47-50-53-57-61-65-69-73-86(91)99-79-84(105-88(93)75-71-67-63-59-55-51-48-46-44-42-40-38-36-34-30-26-22-18-14-10-6-2)81-103-107(96,97)101-77-82(89)76-100-106(94,95)102-80-83(78-98-85(90)72-68-64-60-56-52-32-28-24-20-16-12-8-4)104-87(92)74-70-66-62-58-54-49-31-27-23-19-15-11-7-3/h82-84,89H,5-81H2,1-4H3,(H,94,95)(H,96,97)/t82-,83+,84+/m0/s1. The maximum atomic E-state index is 13.2. The number of hydrogen-bond donors (Lipinski definition) is 3. The molecule has 3 N–H and O–H groups in total. The van der Waals surface area contributed by atoms with Crippen molar-refractivity contribution in [1.82, 2.24) is 0 Å². The zero-order valence-corrected chi connectivity index (χ0v) is 71.9. The van der Waals surface area contributed by atoms with Crippen molar-refractivity contribution < 1.29 is 80.2 Å². The number of esters is 4. The molecule has 0 fully saturated rings. The van der Waals surface area contributed by atoms with Gasteiger partial charge in [-0.2, -0.15) is 0 Å². The second-order valence-electron chi connectivity index (χ2n) is 31.6. The van der Waals surface area contributed by atoms with Gasteiger partial charge < -0.3 is 33.8 Å². The van der Waals surface area contributed by atoms with E-state index >= 15 is 0 Å². The Morgan fingerprint density at radius 3 is 0.551 bits per heavy atom. The summed E-state index contributed by atoms with van der Waals surface area (Å²) in [4.78, 5) is 73.3. The van der Waals surface area contributed by atoms with Gasteiger partial charge in [0.2, 0.25) is 0 Å². The van der Waals surface area contributed by atoms with Crippen molar-refractivity contribution in [2.45, 2.75) is 502 Å². The number of carbonyl (C=O) groups is 4. The Bertz CT molecular complexity index is 2020. The van der Waals surface area contributed by atoms with E-state index in [2.05, 4.69) is 27.7 Å². The van der Waals surface area contributed by atoms with E-state index in [0.29, 0.717) is 25.7 Å². The third-order valence-corrected chi connectivity index (χ3v) is 22.8. The Balaban J connectivity index is 5.22. The smallest absolute Gasteiger partial charge is 0.462 e. The van der Waals surface area contributed by atoms with E-state index in [4.69, 9.17) is 37.0 Å². The third-order valence-electron chi connectivity index (χ3n) is 20.9. The van der Waals surface area contributed by atoms with Crippen molar-refractivity contribution in [3.8, 4) is 0 Å². The largest absolute Gasteiger partial charge is 0.472 e. The zero-order chi connectivity index (χ0) is 78.1. The van der Waals surface area contributed by atoms with Crippen molar-refractivity contribution in [2.24, 2.45) is 0 Å². The van der Waals surface area contributed by atoms with Crippen molar-refractivity contribution in [1.29, 1.82) is 0 Å². The van der Waals surface area contributed by atoms with Gasteiger partial charge in [-0.15, -0.1) is 0 Å². The minimum Gasteiger partial charge on any atom is -0.462 e. The molecule has 0 amide bonds. The molecule has 0 aromatic rings. The summed E-state index contributed by atoms with van der Waals surface area (Å²) in [5.41, 5.74) is 0. The topological polar surface area (TPSA) is 237 Å². The van der Waals surface area contributed by atoms with Gasteiger partial charge in [0.15, 0.2) is 12.2 Å². The summed E-state index contributed by atoms with van der Waals surface area (Å²) >= 11 is 0. The summed E-state index contributed by atoms with van der Waals surface area (Å²) in [6.07, 6.45) is 77.8. The summed E-state index contributed by atoms with van der Waals surface area (Å²) < 4.78 is 68.9. The van der Waals surface area contributed by atoms with Gasteiger partial charge in [-0.3, -0.25) is 37.3 Å². The summed E-state index contributed by atoms with van der Waals surface area (Å²) in [5, 5.41) is 10.7. The van der Waals surface area contributed by atoms with Crippen molar-refractivity contribution >= 4 is 39.5 Å². The lowest BCUT2D eigenvalue weighted by atomic mass is 10.0. The van der Waals surface area contributed by atoms with E-state index in [1.54, 1.807) is 0 Å². The predicted octanol–water partition coefficient (Wildman–Crippen LogP) is 27.3. The van der Waals surface area contributed by atoms with Crippen molar-refractivity contribution in [3.63, 3.8) is 0 Å². The van der Waals surface area contributed by atoms with Crippen LogP contribution in [0.2, 0.25) is 0 Å². The molecule has 17 nitrogen and oxygen atoms in total. The van der Waals surface area contributed by atoms with Gasteiger partial charge in [0.25, 0.3) is 0 Å². The fourth-order valence-corrected chi connectivity index (χ4v) is 15.5. The molecular formula is C88H172O17P2. The molecule has 0 rings (SSSR count). The van der Waals surface area contributed by atoms with E-state index in [1.807, 2.05) is 0 Å². The van der Waals surface area contributed by atoms with Crippen LogP contribution >= 0.6 is 15.6 Å². The number of unbranched alkanes of at least 4 members (excludes halogenated alkanes) is 63. The Morgan fingerprint density at radius 2 is 0.374 bits per heavy atom. The molecule has 0 aliphatic carbocycles. The number of carbonyl (C=O) groups excluding carboxylic acids is 4. The molecule has 0 radical (unpaired) electrons. The Labute approximate surface area is 658 Å². The highest BCUT2D eigenvalue weighted by molar-refractivity contribution is 7.47. The molecule has 0 spiro atoms. The van der Waals surface area contributed by atoms with E-state index in [0.717, 1.165) is 89.9 Å². The highest BCUT2D eigenvalue weighted by atomic mass is 31.2. The predicted molar refractivity (Wildman–Crippen MR) is 442 cm³/mol. The normalized spacial score (nSPS) is 13.7. The molecule has 0 saturated heterocycles. The number of rotatable bonds is 89. The lowest BCUT2D eigenvalue weighted by Gasteiger charge is -2.21. The molecule has 5 atom stereocenters. The quantitative estimate of drug-likeness (QED) is 0.0222. The van der Waals surface area contributed by atoms with Crippen LogP contribution in [0.4, 0.5) is 0 Å². The van der Waals surface area contributed by atoms with Crippen LogP contribution in [0.3, 0.4) is 0 Å².